The van der Waals surface area contributed by atoms with Gasteiger partial charge in [0.1, 0.15) is 11.6 Å². The minimum atomic E-state index is -0.590. The summed E-state index contributed by atoms with van der Waals surface area (Å²) in [5.74, 6) is -0.0288. The van der Waals surface area contributed by atoms with Crippen LogP contribution in [0.15, 0.2) is 54.6 Å². The molecule has 0 spiro atoms. The number of likely N-dealkylation sites (N-methyl/N-ethyl adjacent to an activating group) is 1. The fraction of sp³-hybridized carbons (Fsp3) is 0.308. The van der Waals surface area contributed by atoms with Gasteiger partial charge in [0.25, 0.3) is 5.91 Å². The molecule has 1 unspecified atom stereocenters. The summed E-state index contributed by atoms with van der Waals surface area (Å²) in [6.07, 6.45) is 5.03. The molecule has 1 atom stereocenters. The molecule has 1 fully saturated rings. The summed E-state index contributed by atoms with van der Waals surface area (Å²) in [7, 11) is 0. The zero-order valence-corrected chi connectivity index (χ0v) is 19.0. The normalized spacial score (nSPS) is 16.9. The number of hydrogen-bond donors (Lipinski definition) is 2. The molecule has 4 rings (SSSR count). The van der Waals surface area contributed by atoms with Crippen molar-refractivity contribution in [3.8, 4) is 22.6 Å². The third kappa shape index (κ3) is 5.05. The SMILES string of the molecule is CCN1CCCC(n2c(-c3cccc(/C=C/C(=O)NO)c3)nc(C)c2-c2cccc(F)c2)C1. The van der Waals surface area contributed by atoms with Gasteiger partial charge in [0.2, 0.25) is 0 Å². The van der Waals surface area contributed by atoms with Crippen molar-refractivity contribution < 1.29 is 14.4 Å². The molecule has 0 aliphatic carbocycles. The third-order valence-corrected chi connectivity index (χ3v) is 6.16. The van der Waals surface area contributed by atoms with Gasteiger partial charge >= 0.3 is 0 Å². The van der Waals surface area contributed by atoms with Crippen LogP contribution >= 0.6 is 0 Å². The molecule has 1 aliphatic rings. The molecular formula is C26H29FN4O2. The summed E-state index contributed by atoms with van der Waals surface area (Å²) in [6, 6.07) is 14.7. The first-order valence-electron chi connectivity index (χ1n) is 11.3. The highest BCUT2D eigenvalue weighted by molar-refractivity contribution is 5.91. The van der Waals surface area contributed by atoms with Crippen LogP contribution in [0.5, 0.6) is 0 Å². The number of nitrogens with zero attached hydrogens (tertiary/aromatic N) is 3. The van der Waals surface area contributed by atoms with Crippen molar-refractivity contribution in [1.82, 2.24) is 19.9 Å². The molecule has 0 saturated carbocycles. The van der Waals surface area contributed by atoms with Gasteiger partial charge in [-0.25, -0.2) is 14.9 Å². The highest BCUT2D eigenvalue weighted by Crippen LogP contribution is 2.36. The summed E-state index contributed by atoms with van der Waals surface area (Å²) in [5, 5.41) is 8.73. The van der Waals surface area contributed by atoms with Gasteiger partial charge in [0.15, 0.2) is 0 Å². The van der Waals surface area contributed by atoms with E-state index >= 15 is 0 Å². The Morgan fingerprint density at radius 3 is 2.79 bits per heavy atom. The number of amides is 1. The number of carbonyl (C=O) groups excluding carboxylic acids is 1. The summed E-state index contributed by atoms with van der Waals surface area (Å²) in [5.41, 5.74) is 5.94. The van der Waals surface area contributed by atoms with E-state index in [1.807, 2.05) is 37.3 Å². The van der Waals surface area contributed by atoms with E-state index in [2.05, 4.69) is 16.4 Å². The van der Waals surface area contributed by atoms with E-state index < -0.39 is 5.91 Å². The number of nitrogens with one attached hydrogen (secondary N) is 1. The fourth-order valence-corrected chi connectivity index (χ4v) is 4.61. The standard InChI is InChI=1S/C26H29FN4O2/c1-3-30-14-6-11-23(17-30)31-25(20-8-5-10-22(27)16-20)18(2)28-26(31)21-9-4-7-19(15-21)12-13-24(32)29-33/h4-5,7-10,12-13,15-16,23,33H,3,6,11,14,17H2,1-2H3,(H,29,32)/b13-12+. The van der Waals surface area contributed by atoms with E-state index in [0.29, 0.717) is 0 Å². The lowest BCUT2D eigenvalue weighted by atomic mass is 10.0. The predicted octanol–water partition coefficient (Wildman–Crippen LogP) is 4.84. The third-order valence-electron chi connectivity index (χ3n) is 6.16. The maximum Gasteiger partial charge on any atom is 0.267 e. The van der Waals surface area contributed by atoms with Crippen molar-refractivity contribution >= 4 is 12.0 Å². The second-order valence-corrected chi connectivity index (χ2v) is 8.37. The summed E-state index contributed by atoms with van der Waals surface area (Å²) in [4.78, 5) is 18.8. The average molecular weight is 449 g/mol. The number of likely N-dealkylation sites (tertiary alicyclic amines) is 1. The van der Waals surface area contributed by atoms with E-state index in [1.54, 1.807) is 23.7 Å². The summed E-state index contributed by atoms with van der Waals surface area (Å²) in [6.45, 7) is 7.13. The highest BCUT2D eigenvalue weighted by atomic mass is 19.1. The van der Waals surface area contributed by atoms with Crippen LogP contribution in [-0.2, 0) is 4.79 Å². The van der Waals surface area contributed by atoms with E-state index in [1.165, 1.54) is 12.1 Å². The van der Waals surface area contributed by atoms with E-state index in [-0.39, 0.29) is 11.9 Å². The number of hydroxylamine groups is 1. The lowest BCUT2D eigenvalue weighted by molar-refractivity contribution is -0.124. The molecule has 0 bridgehead atoms. The first-order chi connectivity index (χ1) is 16.0. The molecule has 2 heterocycles. The lowest BCUT2D eigenvalue weighted by Gasteiger charge is -2.34. The topological polar surface area (TPSA) is 70.4 Å². The predicted molar refractivity (Wildman–Crippen MR) is 127 cm³/mol. The van der Waals surface area contributed by atoms with Gasteiger partial charge in [-0.1, -0.05) is 37.3 Å². The minimum absolute atomic E-state index is 0.215. The Balaban J connectivity index is 1.84. The Bertz CT molecular complexity index is 1170. The van der Waals surface area contributed by atoms with E-state index in [0.717, 1.165) is 66.4 Å². The second kappa shape index (κ2) is 10.1. The smallest absolute Gasteiger partial charge is 0.267 e. The Labute approximate surface area is 193 Å². The molecule has 33 heavy (non-hydrogen) atoms. The van der Waals surface area contributed by atoms with Gasteiger partial charge in [-0.15, -0.1) is 0 Å². The van der Waals surface area contributed by atoms with Crippen LogP contribution in [0.25, 0.3) is 28.7 Å². The number of imidazole rings is 1. The van der Waals surface area contributed by atoms with Gasteiger partial charge in [0.05, 0.1) is 11.4 Å². The van der Waals surface area contributed by atoms with Crippen LogP contribution in [0.1, 0.15) is 37.1 Å². The zero-order valence-electron chi connectivity index (χ0n) is 19.0. The molecule has 7 heteroatoms. The molecule has 0 radical (unpaired) electrons. The Kier molecular flexibility index (Phi) is 7.01. The van der Waals surface area contributed by atoms with Crippen LogP contribution < -0.4 is 5.48 Å². The Hall–Kier alpha value is -3.29. The van der Waals surface area contributed by atoms with Crippen molar-refractivity contribution in [2.45, 2.75) is 32.7 Å². The number of aromatic nitrogens is 2. The first kappa shape index (κ1) is 22.9. The number of rotatable bonds is 6. The maximum absolute atomic E-state index is 14.1. The second-order valence-electron chi connectivity index (χ2n) is 8.37. The molecule has 2 aromatic carbocycles. The number of benzene rings is 2. The van der Waals surface area contributed by atoms with Crippen molar-refractivity contribution in [3.05, 3.63) is 71.7 Å². The maximum atomic E-state index is 14.1. The van der Waals surface area contributed by atoms with Gasteiger partial charge in [-0.3, -0.25) is 10.0 Å². The number of hydrogen-bond acceptors (Lipinski definition) is 4. The van der Waals surface area contributed by atoms with Crippen molar-refractivity contribution in [3.63, 3.8) is 0 Å². The van der Waals surface area contributed by atoms with Crippen molar-refractivity contribution in [2.24, 2.45) is 0 Å². The van der Waals surface area contributed by atoms with Crippen LogP contribution in [0.3, 0.4) is 0 Å². The summed E-state index contributed by atoms with van der Waals surface area (Å²) >= 11 is 0. The van der Waals surface area contributed by atoms with Crippen LogP contribution in [0, 0.1) is 12.7 Å². The molecule has 1 aromatic heterocycles. The molecular weight excluding hydrogens is 419 g/mol. The molecule has 1 amide bonds. The molecule has 1 saturated heterocycles. The Morgan fingerprint density at radius 2 is 2.03 bits per heavy atom. The molecule has 6 nitrogen and oxygen atoms in total. The van der Waals surface area contributed by atoms with Gasteiger partial charge in [0, 0.05) is 29.8 Å². The lowest BCUT2D eigenvalue weighted by Crippen LogP contribution is -2.36. The van der Waals surface area contributed by atoms with Crippen LogP contribution in [0.4, 0.5) is 4.39 Å². The first-order valence-corrected chi connectivity index (χ1v) is 11.3. The number of aryl methyl sites for hydroxylation is 1. The molecule has 1 aliphatic heterocycles. The zero-order chi connectivity index (χ0) is 23.4. The minimum Gasteiger partial charge on any atom is -0.319 e. The molecule has 2 N–H and O–H groups in total. The highest BCUT2D eigenvalue weighted by Gasteiger charge is 2.27. The van der Waals surface area contributed by atoms with Crippen molar-refractivity contribution in [2.75, 3.05) is 19.6 Å². The van der Waals surface area contributed by atoms with Crippen molar-refractivity contribution in [1.29, 1.82) is 0 Å². The number of piperidine rings is 1. The molecule has 172 valence electrons. The quantitative estimate of drug-likeness (QED) is 0.322. The number of carbonyl (C=O) groups is 1. The fourth-order valence-electron chi connectivity index (χ4n) is 4.61. The van der Waals surface area contributed by atoms with Gasteiger partial charge < -0.3 is 9.47 Å². The number of halogens is 1. The Morgan fingerprint density at radius 1 is 1.24 bits per heavy atom. The van der Waals surface area contributed by atoms with E-state index in [4.69, 9.17) is 10.2 Å². The van der Waals surface area contributed by atoms with Crippen LogP contribution in [-0.4, -0.2) is 45.2 Å². The monoisotopic (exact) mass is 448 g/mol. The van der Waals surface area contributed by atoms with Gasteiger partial charge in [-0.05, 0) is 62.7 Å². The average Bonchev–Trinajstić information content (AvgIpc) is 3.19. The molecule has 3 aromatic rings. The van der Waals surface area contributed by atoms with E-state index in [9.17, 15) is 9.18 Å². The largest absolute Gasteiger partial charge is 0.319 e. The van der Waals surface area contributed by atoms with Crippen LogP contribution in [0.2, 0.25) is 0 Å². The van der Waals surface area contributed by atoms with Gasteiger partial charge in [-0.2, -0.15) is 0 Å². The summed E-state index contributed by atoms with van der Waals surface area (Å²) < 4.78 is 16.4.